The molecule has 1 aromatic carbocycles. The first kappa shape index (κ1) is 22.0. The van der Waals surface area contributed by atoms with Crippen molar-refractivity contribution in [1.82, 2.24) is 20.0 Å². The molecule has 0 unspecified atom stereocenters. The molecule has 0 fully saturated rings. The number of aliphatic hydroxyl groups excluding tert-OH is 1. The molecule has 0 saturated carbocycles. The van der Waals surface area contributed by atoms with Crippen LogP contribution in [-0.4, -0.2) is 52.5 Å². The average Bonchev–Trinajstić information content (AvgIpc) is 3.19. The summed E-state index contributed by atoms with van der Waals surface area (Å²) >= 11 is 0. The zero-order chi connectivity index (χ0) is 20.4. The Kier molecular flexibility index (Phi) is 8.51. The van der Waals surface area contributed by atoms with E-state index in [-0.39, 0.29) is 12.0 Å². The highest BCUT2D eigenvalue weighted by molar-refractivity contribution is 5.79. The van der Waals surface area contributed by atoms with Crippen LogP contribution in [0.1, 0.15) is 45.6 Å². The Labute approximate surface area is 169 Å². The number of guanidine groups is 1. The molecule has 0 aliphatic rings. The molecule has 0 spiro atoms. The summed E-state index contributed by atoms with van der Waals surface area (Å²) in [6.07, 6.45) is 6.78. The van der Waals surface area contributed by atoms with Crippen molar-refractivity contribution in [3.05, 3.63) is 48.3 Å². The standard InChI is InChI=1S/C22H35N5O/c1-5-22(6-2,13-14-28)18-24-21(23-7-3)26(4)16-19-15-25-27(17-19)20-11-9-8-10-12-20/h8-12,15,17,28H,5-7,13-14,16,18H2,1-4H3,(H,23,24). The highest BCUT2D eigenvalue weighted by atomic mass is 16.3. The lowest BCUT2D eigenvalue weighted by Crippen LogP contribution is -2.39. The smallest absolute Gasteiger partial charge is 0.193 e. The number of aromatic nitrogens is 2. The molecule has 0 bridgehead atoms. The number of hydrogen-bond donors (Lipinski definition) is 2. The lowest BCUT2D eigenvalue weighted by molar-refractivity contribution is 0.175. The fourth-order valence-corrected chi connectivity index (χ4v) is 3.37. The van der Waals surface area contributed by atoms with Crippen molar-refractivity contribution < 1.29 is 5.11 Å². The number of rotatable bonds is 10. The predicted octanol–water partition coefficient (Wildman–Crippen LogP) is 3.46. The van der Waals surface area contributed by atoms with Crippen molar-refractivity contribution in [2.24, 2.45) is 10.4 Å². The van der Waals surface area contributed by atoms with Gasteiger partial charge in [-0.1, -0.05) is 32.0 Å². The second kappa shape index (κ2) is 10.9. The molecule has 154 valence electrons. The topological polar surface area (TPSA) is 65.7 Å². The number of para-hydroxylation sites is 1. The Balaban J connectivity index is 2.10. The van der Waals surface area contributed by atoms with E-state index in [4.69, 9.17) is 4.99 Å². The van der Waals surface area contributed by atoms with Crippen LogP contribution < -0.4 is 5.32 Å². The van der Waals surface area contributed by atoms with Gasteiger partial charge in [0.1, 0.15) is 0 Å². The molecule has 0 radical (unpaired) electrons. The number of hydrogen-bond acceptors (Lipinski definition) is 3. The van der Waals surface area contributed by atoms with Crippen LogP contribution in [0.2, 0.25) is 0 Å². The molecule has 0 atom stereocenters. The molecule has 0 aliphatic heterocycles. The van der Waals surface area contributed by atoms with Gasteiger partial charge in [0, 0.05) is 45.0 Å². The van der Waals surface area contributed by atoms with Gasteiger partial charge in [0.2, 0.25) is 0 Å². The summed E-state index contributed by atoms with van der Waals surface area (Å²) < 4.78 is 1.90. The third-order valence-electron chi connectivity index (χ3n) is 5.48. The normalized spacial score (nSPS) is 12.2. The molecular weight excluding hydrogens is 350 g/mol. The lowest BCUT2D eigenvalue weighted by Gasteiger charge is -2.30. The van der Waals surface area contributed by atoms with Gasteiger partial charge in [0.15, 0.2) is 5.96 Å². The Hall–Kier alpha value is -2.34. The van der Waals surface area contributed by atoms with Crippen LogP contribution in [0.4, 0.5) is 0 Å². The van der Waals surface area contributed by atoms with Gasteiger partial charge < -0.3 is 15.3 Å². The number of benzene rings is 1. The van der Waals surface area contributed by atoms with Crippen LogP contribution in [0.5, 0.6) is 0 Å². The molecule has 2 rings (SSSR count). The van der Waals surface area contributed by atoms with Gasteiger partial charge in [-0.3, -0.25) is 4.99 Å². The second-order valence-corrected chi connectivity index (χ2v) is 7.34. The van der Waals surface area contributed by atoms with E-state index in [1.165, 1.54) is 0 Å². The van der Waals surface area contributed by atoms with Gasteiger partial charge in [-0.2, -0.15) is 5.10 Å². The summed E-state index contributed by atoms with van der Waals surface area (Å²) in [5.41, 5.74) is 2.25. The average molecular weight is 386 g/mol. The van der Waals surface area contributed by atoms with Crippen molar-refractivity contribution in [1.29, 1.82) is 0 Å². The minimum Gasteiger partial charge on any atom is -0.396 e. The van der Waals surface area contributed by atoms with Crippen molar-refractivity contribution in [2.75, 3.05) is 26.7 Å². The summed E-state index contributed by atoms with van der Waals surface area (Å²) in [5.74, 6) is 0.888. The van der Waals surface area contributed by atoms with Crippen LogP contribution in [0.25, 0.3) is 5.69 Å². The monoisotopic (exact) mass is 385 g/mol. The molecule has 0 aliphatic carbocycles. The Bertz CT molecular complexity index is 722. The summed E-state index contributed by atoms with van der Waals surface area (Å²) in [7, 11) is 2.05. The van der Waals surface area contributed by atoms with Crippen LogP contribution in [0, 0.1) is 5.41 Å². The van der Waals surface area contributed by atoms with Crippen LogP contribution in [0.3, 0.4) is 0 Å². The summed E-state index contributed by atoms with van der Waals surface area (Å²) in [5, 5.41) is 17.3. The number of aliphatic hydroxyl groups is 1. The zero-order valence-corrected chi connectivity index (χ0v) is 17.7. The molecular formula is C22H35N5O. The maximum absolute atomic E-state index is 9.45. The van der Waals surface area contributed by atoms with E-state index in [1.807, 2.05) is 48.3 Å². The largest absolute Gasteiger partial charge is 0.396 e. The summed E-state index contributed by atoms with van der Waals surface area (Å²) in [4.78, 5) is 7.03. The highest BCUT2D eigenvalue weighted by Gasteiger charge is 2.25. The minimum atomic E-state index is 0.0639. The maximum Gasteiger partial charge on any atom is 0.193 e. The van der Waals surface area contributed by atoms with E-state index in [0.717, 1.165) is 56.1 Å². The Morgan fingerprint density at radius 3 is 2.54 bits per heavy atom. The fourth-order valence-electron chi connectivity index (χ4n) is 3.37. The van der Waals surface area contributed by atoms with Crippen molar-refractivity contribution in [3.8, 4) is 5.69 Å². The van der Waals surface area contributed by atoms with E-state index in [1.54, 1.807) is 0 Å². The minimum absolute atomic E-state index is 0.0639. The Morgan fingerprint density at radius 1 is 1.21 bits per heavy atom. The fraction of sp³-hybridized carbons (Fsp3) is 0.545. The van der Waals surface area contributed by atoms with Crippen molar-refractivity contribution >= 4 is 5.96 Å². The molecule has 2 N–H and O–H groups in total. The lowest BCUT2D eigenvalue weighted by atomic mass is 9.79. The van der Waals surface area contributed by atoms with Crippen LogP contribution in [-0.2, 0) is 6.54 Å². The summed E-state index contributed by atoms with van der Waals surface area (Å²) in [6, 6.07) is 10.1. The van der Waals surface area contributed by atoms with Gasteiger partial charge in [0.05, 0.1) is 11.9 Å². The molecule has 6 heteroatoms. The van der Waals surface area contributed by atoms with E-state index in [2.05, 4.69) is 42.3 Å². The molecule has 0 saturated heterocycles. The van der Waals surface area contributed by atoms with E-state index in [0.29, 0.717) is 0 Å². The first-order valence-electron chi connectivity index (χ1n) is 10.3. The van der Waals surface area contributed by atoms with Gasteiger partial charge >= 0.3 is 0 Å². The number of nitrogens with zero attached hydrogens (tertiary/aromatic N) is 4. The molecule has 6 nitrogen and oxygen atoms in total. The van der Waals surface area contributed by atoms with Gasteiger partial charge in [-0.05, 0) is 43.7 Å². The first-order chi connectivity index (χ1) is 13.6. The van der Waals surface area contributed by atoms with Crippen LogP contribution >= 0.6 is 0 Å². The molecule has 2 aromatic rings. The van der Waals surface area contributed by atoms with E-state index < -0.39 is 0 Å². The van der Waals surface area contributed by atoms with Crippen LogP contribution in [0.15, 0.2) is 47.7 Å². The van der Waals surface area contributed by atoms with Gasteiger partial charge in [-0.25, -0.2) is 4.68 Å². The third kappa shape index (κ3) is 5.83. The number of aliphatic imine (C=N–C) groups is 1. The Morgan fingerprint density at radius 2 is 1.93 bits per heavy atom. The van der Waals surface area contributed by atoms with Gasteiger partial charge in [-0.15, -0.1) is 0 Å². The SMILES string of the molecule is CCNC(=NCC(CC)(CC)CCO)N(C)Cc1cnn(-c2ccccc2)c1. The summed E-state index contributed by atoms with van der Waals surface area (Å²) in [6.45, 7) is 8.92. The molecule has 28 heavy (non-hydrogen) atoms. The second-order valence-electron chi connectivity index (χ2n) is 7.34. The van der Waals surface area contributed by atoms with E-state index >= 15 is 0 Å². The van der Waals surface area contributed by atoms with E-state index in [9.17, 15) is 5.11 Å². The maximum atomic E-state index is 9.45. The van der Waals surface area contributed by atoms with Crippen molar-refractivity contribution in [2.45, 2.75) is 46.6 Å². The zero-order valence-electron chi connectivity index (χ0n) is 17.7. The van der Waals surface area contributed by atoms with Crippen molar-refractivity contribution in [3.63, 3.8) is 0 Å². The molecule has 1 aromatic heterocycles. The molecule has 0 amide bonds. The van der Waals surface area contributed by atoms with Gasteiger partial charge in [0.25, 0.3) is 0 Å². The first-order valence-corrected chi connectivity index (χ1v) is 10.3. The highest BCUT2D eigenvalue weighted by Crippen LogP contribution is 2.30. The molecule has 1 heterocycles. The third-order valence-corrected chi connectivity index (χ3v) is 5.48. The number of nitrogens with one attached hydrogen (secondary N) is 1. The predicted molar refractivity (Wildman–Crippen MR) is 116 cm³/mol. The quantitative estimate of drug-likeness (QED) is 0.486.